The number of halogens is 1. The molecule has 1 aromatic carbocycles. The van der Waals surface area contributed by atoms with Crippen LogP contribution in [0.5, 0.6) is 0 Å². The van der Waals surface area contributed by atoms with Crippen LogP contribution in [0.3, 0.4) is 0 Å². The van der Waals surface area contributed by atoms with Crippen LogP contribution in [0.25, 0.3) is 0 Å². The summed E-state index contributed by atoms with van der Waals surface area (Å²) < 4.78 is 0. The maximum Gasteiger partial charge on any atom is 0.0724 e. The van der Waals surface area contributed by atoms with E-state index in [9.17, 15) is 0 Å². The van der Waals surface area contributed by atoms with E-state index in [0.29, 0.717) is 6.54 Å². The topological polar surface area (TPSA) is 38.5 Å². The minimum Gasteiger partial charge on any atom is -0.329 e. The Morgan fingerprint density at radius 1 is 1.28 bits per heavy atom. The molecule has 1 unspecified atom stereocenters. The predicted octanol–water partition coefficient (Wildman–Crippen LogP) is 3.25. The van der Waals surface area contributed by atoms with Crippen molar-refractivity contribution in [1.29, 1.82) is 0 Å². The first-order chi connectivity index (χ1) is 8.37. The van der Waals surface area contributed by atoms with Crippen molar-refractivity contribution in [3.63, 3.8) is 0 Å². The Morgan fingerprint density at radius 3 is 2.22 bits per heavy atom. The van der Waals surface area contributed by atoms with Gasteiger partial charge < -0.3 is 10.6 Å². The standard InChI is InChI=1S/C14H23ClN2O/c1-14(2,3)10-17(18-4)13(9-16)11-5-7-12(15)8-6-11/h5-8,13H,9-10,16H2,1-4H3. The quantitative estimate of drug-likeness (QED) is 0.835. The van der Waals surface area contributed by atoms with E-state index in [0.717, 1.165) is 17.1 Å². The number of hydrogen-bond acceptors (Lipinski definition) is 3. The lowest BCUT2D eigenvalue weighted by Gasteiger charge is -2.34. The molecule has 0 amide bonds. The van der Waals surface area contributed by atoms with Crippen LogP contribution in [0.15, 0.2) is 24.3 Å². The van der Waals surface area contributed by atoms with Gasteiger partial charge in [0.1, 0.15) is 0 Å². The third-order valence-electron chi connectivity index (χ3n) is 2.69. The molecular formula is C14H23ClN2O. The lowest BCUT2D eigenvalue weighted by molar-refractivity contribution is -0.176. The molecule has 0 fully saturated rings. The second-order valence-corrected chi connectivity index (χ2v) is 6.06. The van der Waals surface area contributed by atoms with Crippen LogP contribution < -0.4 is 5.73 Å². The van der Waals surface area contributed by atoms with Crippen LogP contribution in [0, 0.1) is 5.41 Å². The molecule has 0 bridgehead atoms. The predicted molar refractivity (Wildman–Crippen MR) is 76.4 cm³/mol. The molecule has 0 saturated carbocycles. The summed E-state index contributed by atoms with van der Waals surface area (Å²) in [6.45, 7) is 7.84. The van der Waals surface area contributed by atoms with Gasteiger partial charge in [-0.15, -0.1) is 0 Å². The van der Waals surface area contributed by atoms with Gasteiger partial charge in [0.25, 0.3) is 0 Å². The first-order valence-electron chi connectivity index (χ1n) is 6.13. The van der Waals surface area contributed by atoms with E-state index in [1.807, 2.05) is 29.3 Å². The second kappa shape index (κ2) is 6.53. The van der Waals surface area contributed by atoms with E-state index < -0.39 is 0 Å². The van der Waals surface area contributed by atoms with Gasteiger partial charge in [-0.1, -0.05) is 44.5 Å². The van der Waals surface area contributed by atoms with Crippen LogP contribution in [0.4, 0.5) is 0 Å². The minimum atomic E-state index is 0.0477. The number of hydroxylamine groups is 2. The Hall–Kier alpha value is -0.610. The summed E-state index contributed by atoms with van der Waals surface area (Å²) in [7, 11) is 1.68. The fraction of sp³-hybridized carbons (Fsp3) is 0.571. The van der Waals surface area contributed by atoms with Gasteiger partial charge in [0.2, 0.25) is 0 Å². The Bertz CT molecular complexity index is 359. The highest BCUT2D eigenvalue weighted by Gasteiger charge is 2.24. The summed E-state index contributed by atoms with van der Waals surface area (Å²) in [5.74, 6) is 0. The lowest BCUT2D eigenvalue weighted by atomic mass is 9.95. The Balaban J connectivity index is 2.89. The summed E-state index contributed by atoms with van der Waals surface area (Å²) in [5.41, 5.74) is 7.15. The monoisotopic (exact) mass is 270 g/mol. The van der Waals surface area contributed by atoms with E-state index in [1.54, 1.807) is 7.11 Å². The summed E-state index contributed by atoms with van der Waals surface area (Å²) in [4.78, 5) is 5.48. The zero-order chi connectivity index (χ0) is 13.8. The highest BCUT2D eigenvalue weighted by Crippen LogP contribution is 2.25. The molecule has 4 heteroatoms. The highest BCUT2D eigenvalue weighted by atomic mass is 35.5. The number of nitrogens with zero attached hydrogens (tertiary/aromatic N) is 1. The van der Waals surface area contributed by atoms with Crippen molar-refractivity contribution in [2.75, 3.05) is 20.2 Å². The molecule has 1 atom stereocenters. The molecule has 0 aliphatic heterocycles. The normalized spacial score (nSPS) is 13.9. The summed E-state index contributed by atoms with van der Waals surface area (Å²) in [6.07, 6.45) is 0. The number of nitrogens with two attached hydrogens (primary N) is 1. The zero-order valence-electron chi connectivity index (χ0n) is 11.6. The van der Waals surface area contributed by atoms with E-state index >= 15 is 0 Å². The van der Waals surface area contributed by atoms with Gasteiger partial charge in [-0.2, -0.15) is 5.06 Å². The number of benzene rings is 1. The molecule has 3 nitrogen and oxygen atoms in total. The molecule has 0 aliphatic carbocycles. The molecule has 102 valence electrons. The van der Waals surface area contributed by atoms with E-state index in [4.69, 9.17) is 22.2 Å². The SMILES string of the molecule is CON(CC(C)(C)C)C(CN)c1ccc(Cl)cc1. The Kier molecular flexibility index (Phi) is 5.60. The van der Waals surface area contributed by atoms with Gasteiger partial charge in [0.05, 0.1) is 13.2 Å². The van der Waals surface area contributed by atoms with Gasteiger partial charge in [0, 0.05) is 18.1 Å². The minimum absolute atomic E-state index is 0.0477. The summed E-state index contributed by atoms with van der Waals surface area (Å²) in [6, 6.07) is 7.80. The van der Waals surface area contributed by atoms with Crippen molar-refractivity contribution < 1.29 is 4.84 Å². The van der Waals surface area contributed by atoms with Crippen molar-refractivity contribution in [1.82, 2.24) is 5.06 Å². The van der Waals surface area contributed by atoms with Gasteiger partial charge in [-0.3, -0.25) is 0 Å². The van der Waals surface area contributed by atoms with E-state index in [-0.39, 0.29) is 11.5 Å². The molecular weight excluding hydrogens is 248 g/mol. The maximum atomic E-state index is 5.90. The van der Waals surface area contributed by atoms with Crippen molar-refractivity contribution in [2.24, 2.45) is 11.1 Å². The molecule has 0 saturated heterocycles. The van der Waals surface area contributed by atoms with Crippen molar-refractivity contribution in [3.8, 4) is 0 Å². The Morgan fingerprint density at radius 2 is 1.83 bits per heavy atom. The summed E-state index contributed by atoms with van der Waals surface area (Å²) >= 11 is 5.90. The third-order valence-corrected chi connectivity index (χ3v) is 2.94. The molecule has 0 radical (unpaired) electrons. The van der Waals surface area contributed by atoms with E-state index in [1.165, 1.54) is 0 Å². The smallest absolute Gasteiger partial charge is 0.0724 e. The highest BCUT2D eigenvalue weighted by molar-refractivity contribution is 6.30. The van der Waals surface area contributed by atoms with Crippen molar-refractivity contribution in [2.45, 2.75) is 26.8 Å². The third kappa shape index (κ3) is 4.58. The van der Waals surface area contributed by atoms with Gasteiger partial charge in [-0.25, -0.2) is 0 Å². The van der Waals surface area contributed by atoms with E-state index in [2.05, 4.69) is 20.8 Å². The van der Waals surface area contributed by atoms with Crippen LogP contribution in [-0.4, -0.2) is 25.3 Å². The molecule has 2 N–H and O–H groups in total. The van der Waals surface area contributed by atoms with Gasteiger partial charge in [-0.05, 0) is 23.1 Å². The molecule has 0 aromatic heterocycles. The average molecular weight is 271 g/mol. The second-order valence-electron chi connectivity index (χ2n) is 5.62. The Labute approximate surface area is 115 Å². The van der Waals surface area contributed by atoms with Crippen LogP contribution in [0.1, 0.15) is 32.4 Å². The van der Waals surface area contributed by atoms with Gasteiger partial charge in [0.15, 0.2) is 0 Å². The van der Waals surface area contributed by atoms with Gasteiger partial charge >= 0.3 is 0 Å². The number of rotatable bonds is 5. The summed E-state index contributed by atoms with van der Waals surface area (Å²) in [5, 5.41) is 2.66. The molecule has 1 rings (SSSR count). The van der Waals surface area contributed by atoms with Crippen LogP contribution in [0.2, 0.25) is 5.02 Å². The first-order valence-corrected chi connectivity index (χ1v) is 6.51. The lowest BCUT2D eigenvalue weighted by Crippen LogP contribution is -2.38. The molecule has 0 aliphatic rings. The van der Waals surface area contributed by atoms with Crippen molar-refractivity contribution in [3.05, 3.63) is 34.9 Å². The average Bonchev–Trinajstić information content (AvgIpc) is 2.29. The zero-order valence-corrected chi connectivity index (χ0v) is 12.4. The van der Waals surface area contributed by atoms with Crippen LogP contribution in [-0.2, 0) is 4.84 Å². The van der Waals surface area contributed by atoms with Crippen molar-refractivity contribution >= 4 is 11.6 Å². The molecule has 18 heavy (non-hydrogen) atoms. The fourth-order valence-electron chi connectivity index (χ4n) is 1.87. The molecule has 0 spiro atoms. The fourth-order valence-corrected chi connectivity index (χ4v) is 2.00. The first kappa shape index (κ1) is 15.4. The molecule has 1 aromatic rings. The number of hydrogen-bond donors (Lipinski definition) is 1. The maximum absolute atomic E-state index is 5.90. The molecule has 0 heterocycles. The van der Waals surface area contributed by atoms with Crippen LogP contribution >= 0.6 is 11.6 Å². The largest absolute Gasteiger partial charge is 0.329 e.